The van der Waals surface area contributed by atoms with Crippen LogP contribution in [0.5, 0.6) is 0 Å². The molecule has 6 nitrogen and oxygen atoms in total. The standard InChI is InChI=1S/C21H19Cl2F3N4O2/c1-13(9-28-19(31)14-2-4-15(5-3-14)21(24,25)26)20(32,10-30-12-27-11-29-30)17-7-6-16(22)8-18(17)23/h2-8,11-13,32H,9-10H2,1H3,(H,28,31)/t13-,20?/m0/s1. The summed E-state index contributed by atoms with van der Waals surface area (Å²) in [5.41, 5.74) is -1.96. The van der Waals surface area contributed by atoms with Crippen LogP contribution >= 0.6 is 23.2 Å². The van der Waals surface area contributed by atoms with Crippen molar-refractivity contribution in [2.75, 3.05) is 6.54 Å². The summed E-state index contributed by atoms with van der Waals surface area (Å²) in [5, 5.41) is 18.9. The first kappa shape index (κ1) is 24.0. The van der Waals surface area contributed by atoms with E-state index >= 15 is 0 Å². The predicted molar refractivity (Wildman–Crippen MR) is 113 cm³/mol. The van der Waals surface area contributed by atoms with E-state index in [4.69, 9.17) is 23.2 Å². The number of alkyl halides is 3. The number of benzene rings is 2. The summed E-state index contributed by atoms with van der Waals surface area (Å²) in [7, 11) is 0. The Balaban J connectivity index is 1.79. The van der Waals surface area contributed by atoms with Crippen LogP contribution in [0.1, 0.15) is 28.4 Å². The van der Waals surface area contributed by atoms with Gasteiger partial charge in [0.25, 0.3) is 5.91 Å². The number of aromatic nitrogens is 3. The van der Waals surface area contributed by atoms with Crippen LogP contribution in [0.3, 0.4) is 0 Å². The van der Waals surface area contributed by atoms with Crippen molar-refractivity contribution in [3.05, 3.63) is 81.9 Å². The quantitative estimate of drug-likeness (QED) is 0.513. The smallest absolute Gasteiger partial charge is 0.383 e. The maximum absolute atomic E-state index is 12.7. The second-order valence-corrected chi connectivity index (χ2v) is 8.17. The average Bonchev–Trinajstić information content (AvgIpc) is 3.23. The van der Waals surface area contributed by atoms with Gasteiger partial charge in [0.1, 0.15) is 18.3 Å². The summed E-state index contributed by atoms with van der Waals surface area (Å²) >= 11 is 12.3. The average molecular weight is 487 g/mol. The minimum Gasteiger partial charge on any atom is -0.383 e. The first-order chi connectivity index (χ1) is 15.0. The molecule has 0 spiro atoms. The highest BCUT2D eigenvalue weighted by Gasteiger charge is 2.38. The lowest BCUT2D eigenvalue weighted by atomic mass is 9.82. The summed E-state index contributed by atoms with van der Waals surface area (Å²) in [5.74, 6) is -1.15. The lowest BCUT2D eigenvalue weighted by Crippen LogP contribution is -2.44. The highest BCUT2D eigenvalue weighted by molar-refractivity contribution is 6.35. The molecule has 0 aliphatic heterocycles. The molecular weight excluding hydrogens is 468 g/mol. The molecule has 0 saturated carbocycles. The van der Waals surface area contributed by atoms with E-state index < -0.39 is 29.2 Å². The SMILES string of the molecule is C[C@@H](CNC(=O)c1ccc(C(F)(F)F)cc1)C(O)(Cn1cncn1)c1ccc(Cl)cc1Cl. The van der Waals surface area contributed by atoms with Crippen LogP contribution < -0.4 is 5.32 Å². The van der Waals surface area contributed by atoms with E-state index in [1.165, 1.54) is 23.4 Å². The highest BCUT2D eigenvalue weighted by atomic mass is 35.5. The van der Waals surface area contributed by atoms with E-state index in [2.05, 4.69) is 15.4 Å². The van der Waals surface area contributed by atoms with E-state index in [0.29, 0.717) is 10.6 Å². The first-order valence-corrected chi connectivity index (χ1v) is 10.2. The van der Waals surface area contributed by atoms with Crippen LogP contribution in [0.2, 0.25) is 10.0 Å². The largest absolute Gasteiger partial charge is 0.416 e. The van der Waals surface area contributed by atoms with E-state index in [0.717, 1.165) is 24.3 Å². The summed E-state index contributed by atoms with van der Waals surface area (Å²) in [6, 6.07) is 8.55. The topological polar surface area (TPSA) is 80.0 Å². The molecule has 0 aliphatic carbocycles. The molecule has 11 heteroatoms. The molecule has 170 valence electrons. The molecule has 2 atom stereocenters. The Morgan fingerprint density at radius 2 is 1.88 bits per heavy atom. The van der Waals surface area contributed by atoms with Crippen molar-refractivity contribution in [1.82, 2.24) is 20.1 Å². The molecule has 0 fully saturated rings. The number of nitrogens with zero attached hydrogens (tertiary/aromatic N) is 3. The third-order valence-corrected chi connectivity index (χ3v) is 5.67. The fraction of sp³-hybridized carbons (Fsp3) is 0.286. The highest BCUT2D eigenvalue weighted by Crippen LogP contribution is 2.37. The molecule has 1 aromatic heterocycles. The Hall–Kier alpha value is -2.62. The molecule has 3 rings (SSSR count). The maximum atomic E-state index is 12.7. The van der Waals surface area contributed by atoms with E-state index in [1.807, 2.05) is 0 Å². The van der Waals surface area contributed by atoms with Gasteiger partial charge < -0.3 is 10.4 Å². The molecular formula is C21H19Cl2F3N4O2. The van der Waals surface area contributed by atoms with E-state index in [1.54, 1.807) is 19.1 Å². The second kappa shape index (κ2) is 9.48. The Morgan fingerprint density at radius 1 is 1.19 bits per heavy atom. The molecule has 32 heavy (non-hydrogen) atoms. The lowest BCUT2D eigenvalue weighted by molar-refractivity contribution is -0.137. The van der Waals surface area contributed by atoms with Gasteiger partial charge in [-0.1, -0.05) is 36.2 Å². The Labute approximate surface area is 192 Å². The lowest BCUT2D eigenvalue weighted by Gasteiger charge is -2.35. The van der Waals surface area contributed by atoms with Gasteiger partial charge in [-0.3, -0.25) is 4.79 Å². The van der Waals surface area contributed by atoms with Gasteiger partial charge in [0.2, 0.25) is 0 Å². The van der Waals surface area contributed by atoms with Gasteiger partial charge in [0.05, 0.1) is 12.1 Å². The fourth-order valence-electron chi connectivity index (χ4n) is 3.24. The minimum atomic E-state index is -4.49. The van der Waals surface area contributed by atoms with Crippen molar-refractivity contribution in [3.8, 4) is 0 Å². The van der Waals surface area contributed by atoms with Crippen LogP contribution in [-0.2, 0) is 18.3 Å². The number of hydrogen-bond donors (Lipinski definition) is 2. The van der Waals surface area contributed by atoms with Gasteiger partial charge in [-0.25, -0.2) is 9.67 Å². The van der Waals surface area contributed by atoms with Crippen molar-refractivity contribution in [2.45, 2.75) is 25.2 Å². The zero-order chi connectivity index (χ0) is 23.5. The maximum Gasteiger partial charge on any atom is 0.416 e. The monoisotopic (exact) mass is 486 g/mol. The number of amides is 1. The van der Waals surface area contributed by atoms with Crippen LogP contribution in [0.25, 0.3) is 0 Å². The van der Waals surface area contributed by atoms with Gasteiger partial charge in [0, 0.05) is 33.6 Å². The van der Waals surface area contributed by atoms with Crippen LogP contribution in [0, 0.1) is 5.92 Å². The third kappa shape index (κ3) is 5.40. The number of halogens is 5. The number of aliphatic hydroxyl groups is 1. The van der Waals surface area contributed by atoms with E-state index in [9.17, 15) is 23.1 Å². The summed E-state index contributed by atoms with van der Waals surface area (Å²) < 4.78 is 39.6. The van der Waals surface area contributed by atoms with Crippen molar-refractivity contribution in [1.29, 1.82) is 0 Å². The van der Waals surface area contributed by atoms with Gasteiger partial charge in [-0.15, -0.1) is 0 Å². The van der Waals surface area contributed by atoms with Crippen molar-refractivity contribution >= 4 is 29.1 Å². The zero-order valence-electron chi connectivity index (χ0n) is 16.8. The van der Waals surface area contributed by atoms with Gasteiger partial charge in [-0.05, 0) is 36.4 Å². The predicted octanol–water partition coefficient (Wildman–Crippen LogP) is 4.56. The van der Waals surface area contributed by atoms with Crippen molar-refractivity contribution in [2.24, 2.45) is 5.92 Å². The van der Waals surface area contributed by atoms with Gasteiger partial charge >= 0.3 is 6.18 Å². The number of carbonyl (C=O) groups excluding carboxylic acids is 1. The van der Waals surface area contributed by atoms with Gasteiger partial charge in [-0.2, -0.15) is 18.3 Å². The minimum absolute atomic E-state index is 0.00398. The van der Waals surface area contributed by atoms with Crippen molar-refractivity contribution < 1.29 is 23.1 Å². The van der Waals surface area contributed by atoms with Crippen molar-refractivity contribution in [3.63, 3.8) is 0 Å². The molecule has 0 saturated heterocycles. The third-order valence-electron chi connectivity index (χ3n) is 5.13. The molecule has 0 bridgehead atoms. The summed E-state index contributed by atoms with van der Waals surface area (Å²) in [6.07, 6.45) is -1.73. The fourth-order valence-corrected chi connectivity index (χ4v) is 3.81. The molecule has 3 aromatic rings. The molecule has 2 aromatic carbocycles. The van der Waals surface area contributed by atoms with Crippen LogP contribution in [0.15, 0.2) is 55.1 Å². The molecule has 1 unspecified atom stereocenters. The number of rotatable bonds is 7. The Morgan fingerprint density at radius 3 is 2.44 bits per heavy atom. The summed E-state index contributed by atoms with van der Waals surface area (Å²) in [6.45, 7) is 1.70. The van der Waals surface area contributed by atoms with Crippen LogP contribution in [0.4, 0.5) is 13.2 Å². The Bertz CT molecular complexity index is 1080. The van der Waals surface area contributed by atoms with Gasteiger partial charge in [0.15, 0.2) is 0 Å². The Kier molecular flexibility index (Phi) is 7.12. The second-order valence-electron chi connectivity index (χ2n) is 7.33. The van der Waals surface area contributed by atoms with Crippen LogP contribution in [-0.4, -0.2) is 32.3 Å². The number of hydrogen-bond acceptors (Lipinski definition) is 4. The molecule has 1 heterocycles. The molecule has 2 N–H and O–H groups in total. The normalized spacial score (nSPS) is 14.6. The molecule has 1 amide bonds. The first-order valence-electron chi connectivity index (χ1n) is 9.46. The molecule has 0 radical (unpaired) electrons. The number of carbonyl (C=O) groups is 1. The zero-order valence-corrected chi connectivity index (χ0v) is 18.3. The number of nitrogens with one attached hydrogen (secondary N) is 1. The van der Waals surface area contributed by atoms with E-state index in [-0.39, 0.29) is 23.7 Å². The molecule has 0 aliphatic rings. The summed E-state index contributed by atoms with van der Waals surface area (Å²) in [4.78, 5) is 16.3.